The molecular formula is C12H17N5OS2. The van der Waals surface area contributed by atoms with E-state index in [9.17, 15) is 4.79 Å². The Bertz CT molecular complexity index is 564. The van der Waals surface area contributed by atoms with Crippen LogP contribution in [0, 0.1) is 0 Å². The van der Waals surface area contributed by atoms with Gasteiger partial charge in [-0.05, 0) is 25.4 Å². The number of anilines is 2. The molecule has 20 heavy (non-hydrogen) atoms. The molecule has 2 rings (SSSR count). The Kier molecular flexibility index (Phi) is 4.91. The molecule has 0 atom stereocenters. The summed E-state index contributed by atoms with van der Waals surface area (Å²) in [6.45, 7) is 4.50. The summed E-state index contributed by atoms with van der Waals surface area (Å²) in [7, 11) is 0. The van der Waals surface area contributed by atoms with Crippen LogP contribution in [0.5, 0.6) is 0 Å². The number of hydrogen-bond acceptors (Lipinski definition) is 7. The molecule has 0 saturated heterocycles. The SMILES string of the molecule is CC(C)NC(=O)c1c(N)nsc1NCCc1nccs1. The summed E-state index contributed by atoms with van der Waals surface area (Å²) < 4.78 is 4.04. The van der Waals surface area contributed by atoms with Gasteiger partial charge in [-0.2, -0.15) is 4.37 Å². The van der Waals surface area contributed by atoms with E-state index in [0.29, 0.717) is 17.1 Å². The van der Waals surface area contributed by atoms with Gasteiger partial charge < -0.3 is 16.4 Å². The Morgan fingerprint density at radius 3 is 2.95 bits per heavy atom. The highest BCUT2D eigenvalue weighted by Gasteiger charge is 2.19. The fraction of sp³-hybridized carbons (Fsp3) is 0.417. The Labute approximate surface area is 125 Å². The van der Waals surface area contributed by atoms with E-state index in [0.717, 1.165) is 11.4 Å². The second kappa shape index (κ2) is 6.67. The zero-order valence-corrected chi connectivity index (χ0v) is 13.0. The maximum atomic E-state index is 12.1. The van der Waals surface area contributed by atoms with Crippen LogP contribution in [0.15, 0.2) is 11.6 Å². The van der Waals surface area contributed by atoms with Crippen LogP contribution in [0.2, 0.25) is 0 Å². The third-order valence-electron chi connectivity index (χ3n) is 2.47. The number of thiazole rings is 1. The molecule has 0 bridgehead atoms. The van der Waals surface area contributed by atoms with E-state index < -0.39 is 0 Å². The quantitative estimate of drug-likeness (QED) is 0.758. The zero-order chi connectivity index (χ0) is 14.5. The first-order valence-electron chi connectivity index (χ1n) is 6.26. The molecule has 0 fully saturated rings. The summed E-state index contributed by atoms with van der Waals surface area (Å²) in [5, 5.41) is 9.75. The van der Waals surface area contributed by atoms with Gasteiger partial charge in [-0.25, -0.2) is 4.98 Å². The second-order valence-corrected chi connectivity index (χ2v) is 6.26. The standard InChI is InChI=1S/C12H17N5OS2/c1-7(2)16-11(18)9-10(13)17-20-12(9)15-4-3-8-14-5-6-19-8/h5-7,15H,3-4H2,1-2H3,(H2,13,17)(H,16,18). The van der Waals surface area contributed by atoms with Crippen LogP contribution in [-0.2, 0) is 6.42 Å². The summed E-state index contributed by atoms with van der Waals surface area (Å²) in [6.07, 6.45) is 2.59. The van der Waals surface area contributed by atoms with Gasteiger partial charge in [0.1, 0.15) is 10.6 Å². The number of carbonyl (C=O) groups excluding carboxylic acids is 1. The topological polar surface area (TPSA) is 92.9 Å². The molecule has 0 spiro atoms. The molecule has 2 aromatic heterocycles. The number of hydrogen-bond donors (Lipinski definition) is 3. The molecule has 0 aliphatic heterocycles. The van der Waals surface area contributed by atoms with Gasteiger partial charge in [0.2, 0.25) is 0 Å². The van der Waals surface area contributed by atoms with Gasteiger partial charge >= 0.3 is 0 Å². The molecule has 0 unspecified atom stereocenters. The minimum absolute atomic E-state index is 0.0602. The number of rotatable bonds is 6. The molecule has 0 saturated carbocycles. The predicted molar refractivity (Wildman–Crippen MR) is 83.4 cm³/mol. The number of nitrogens with two attached hydrogens (primary N) is 1. The van der Waals surface area contributed by atoms with Gasteiger partial charge in [-0.15, -0.1) is 11.3 Å². The smallest absolute Gasteiger partial charge is 0.258 e. The highest BCUT2D eigenvalue weighted by atomic mass is 32.1. The van der Waals surface area contributed by atoms with Crippen LogP contribution in [-0.4, -0.2) is 27.9 Å². The molecule has 0 radical (unpaired) electrons. The van der Waals surface area contributed by atoms with Gasteiger partial charge in [0.05, 0.1) is 5.01 Å². The van der Waals surface area contributed by atoms with Crippen molar-refractivity contribution >= 4 is 39.6 Å². The zero-order valence-electron chi connectivity index (χ0n) is 11.3. The predicted octanol–water partition coefficient (Wildman–Crippen LogP) is 1.97. The van der Waals surface area contributed by atoms with Crippen molar-refractivity contribution in [3.8, 4) is 0 Å². The first kappa shape index (κ1) is 14.7. The van der Waals surface area contributed by atoms with E-state index in [4.69, 9.17) is 5.73 Å². The van der Waals surface area contributed by atoms with E-state index in [2.05, 4.69) is 20.0 Å². The molecule has 2 heterocycles. The average Bonchev–Trinajstić information content (AvgIpc) is 2.98. The highest BCUT2D eigenvalue weighted by Crippen LogP contribution is 2.26. The number of carbonyl (C=O) groups is 1. The summed E-state index contributed by atoms with van der Waals surface area (Å²) in [6, 6.07) is 0.0602. The monoisotopic (exact) mass is 311 g/mol. The summed E-state index contributed by atoms with van der Waals surface area (Å²) in [5.74, 6) is 0.0768. The van der Waals surface area contributed by atoms with Crippen molar-refractivity contribution in [1.82, 2.24) is 14.7 Å². The van der Waals surface area contributed by atoms with Crippen LogP contribution in [0.25, 0.3) is 0 Å². The second-order valence-electron chi connectivity index (χ2n) is 4.50. The number of aromatic nitrogens is 2. The molecule has 0 aromatic carbocycles. The normalized spacial score (nSPS) is 10.8. The fourth-order valence-electron chi connectivity index (χ4n) is 1.64. The van der Waals surface area contributed by atoms with Crippen LogP contribution in [0.4, 0.5) is 10.8 Å². The minimum atomic E-state index is -0.192. The maximum absolute atomic E-state index is 12.1. The lowest BCUT2D eigenvalue weighted by molar-refractivity contribution is 0.0945. The van der Waals surface area contributed by atoms with Crippen LogP contribution < -0.4 is 16.4 Å². The van der Waals surface area contributed by atoms with Crippen molar-refractivity contribution in [3.05, 3.63) is 22.1 Å². The van der Waals surface area contributed by atoms with Gasteiger partial charge in [0, 0.05) is 30.6 Å². The minimum Gasteiger partial charge on any atom is -0.382 e. The van der Waals surface area contributed by atoms with Crippen molar-refractivity contribution in [3.63, 3.8) is 0 Å². The van der Waals surface area contributed by atoms with E-state index in [1.807, 2.05) is 19.2 Å². The Hall–Kier alpha value is -1.67. The van der Waals surface area contributed by atoms with E-state index in [1.54, 1.807) is 17.5 Å². The third kappa shape index (κ3) is 3.67. The molecular weight excluding hydrogens is 294 g/mol. The van der Waals surface area contributed by atoms with Gasteiger partial charge in [0.25, 0.3) is 5.91 Å². The highest BCUT2D eigenvalue weighted by molar-refractivity contribution is 7.11. The van der Waals surface area contributed by atoms with Gasteiger partial charge in [-0.1, -0.05) is 0 Å². The molecule has 108 valence electrons. The van der Waals surface area contributed by atoms with Crippen molar-refractivity contribution < 1.29 is 4.79 Å². The lowest BCUT2D eigenvalue weighted by atomic mass is 10.2. The number of amides is 1. The fourth-order valence-corrected chi connectivity index (χ4v) is 2.99. The van der Waals surface area contributed by atoms with Crippen molar-refractivity contribution in [2.45, 2.75) is 26.3 Å². The van der Waals surface area contributed by atoms with Crippen LogP contribution >= 0.6 is 22.9 Å². The number of nitrogens with one attached hydrogen (secondary N) is 2. The summed E-state index contributed by atoms with van der Waals surface area (Å²) in [5.41, 5.74) is 6.21. The first-order valence-corrected chi connectivity index (χ1v) is 7.91. The Balaban J connectivity index is 1.99. The lowest BCUT2D eigenvalue weighted by Gasteiger charge is -2.10. The van der Waals surface area contributed by atoms with Crippen LogP contribution in [0.3, 0.4) is 0 Å². The Morgan fingerprint density at radius 1 is 1.50 bits per heavy atom. The van der Waals surface area contributed by atoms with Crippen molar-refractivity contribution in [2.75, 3.05) is 17.6 Å². The van der Waals surface area contributed by atoms with Crippen LogP contribution in [0.1, 0.15) is 29.2 Å². The molecule has 1 amide bonds. The van der Waals surface area contributed by atoms with E-state index >= 15 is 0 Å². The molecule has 0 aliphatic rings. The Morgan fingerprint density at radius 2 is 2.30 bits per heavy atom. The first-order chi connectivity index (χ1) is 9.58. The third-order valence-corrected chi connectivity index (χ3v) is 4.13. The summed E-state index contributed by atoms with van der Waals surface area (Å²) >= 11 is 2.82. The van der Waals surface area contributed by atoms with Crippen molar-refractivity contribution in [1.29, 1.82) is 0 Å². The molecule has 4 N–H and O–H groups in total. The molecule has 8 heteroatoms. The molecule has 6 nitrogen and oxygen atoms in total. The van der Waals surface area contributed by atoms with E-state index in [1.165, 1.54) is 11.5 Å². The van der Waals surface area contributed by atoms with Gasteiger partial charge in [-0.3, -0.25) is 4.79 Å². The lowest BCUT2D eigenvalue weighted by Crippen LogP contribution is -2.31. The maximum Gasteiger partial charge on any atom is 0.258 e. The van der Waals surface area contributed by atoms with E-state index in [-0.39, 0.29) is 17.8 Å². The van der Waals surface area contributed by atoms with Crippen molar-refractivity contribution in [2.24, 2.45) is 0 Å². The van der Waals surface area contributed by atoms with Gasteiger partial charge in [0.15, 0.2) is 5.82 Å². The number of nitrogen functional groups attached to an aromatic ring is 1. The summed E-state index contributed by atoms with van der Waals surface area (Å²) in [4.78, 5) is 16.3. The molecule has 0 aliphatic carbocycles. The number of nitrogens with zero attached hydrogens (tertiary/aromatic N) is 2. The average molecular weight is 311 g/mol. The largest absolute Gasteiger partial charge is 0.382 e. The molecule has 2 aromatic rings.